The van der Waals surface area contributed by atoms with Crippen LogP contribution in [0.4, 0.5) is 5.69 Å². The Bertz CT molecular complexity index is 1580. The maximum Gasteiger partial charge on any atom is 0.240 e. The highest BCUT2D eigenvalue weighted by molar-refractivity contribution is 6.10. The Morgan fingerprint density at radius 1 is 0.895 bits per heavy atom. The van der Waals surface area contributed by atoms with Crippen LogP contribution in [0.15, 0.2) is 97.1 Å². The van der Waals surface area contributed by atoms with E-state index >= 15 is 0 Å². The number of amides is 1. The molecule has 6 rings (SSSR count). The molecule has 38 heavy (non-hydrogen) atoms. The minimum atomic E-state index is -1.15. The summed E-state index contributed by atoms with van der Waals surface area (Å²) in [7, 11) is 0. The second kappa shape index (κ2) is 8.59. The number of nitrogens with one attached hydrogen (secondary N) is 1. The van der Waals surface area contributed by atoms with Crippen LogP contribution in [-0.2, 0) is 10.2 Å². The minimum absolute atomic E-state index is 0.0355. The van der Waals surface area contributed by atoms with Gasteiger partial charge in [-0.05, 0) is 49.6 Å². The van der Waals surface area contributed by atoms with Gasteiger partial charge in [0.2, 0.25) is 5.91 Å². The van der Waals surface area contributed by atoms with Crippen molar-refractivity contribution in [2.45, 2.75) is 37.7 Å². The van der Waals surface area contributed by atoms with Crippen LogP contribution in [0.25, 0.3) is 0 Å². The fourth-order valence-electron chi connectivity index (χ4n) is 6.76. The molecule has 190 valence electrons. The molecular weight excluding hydrogens is 474 g/mol. The Morgan fingerprint density at radius 2 is 1.58 bits per heavy atom. The lowest BCUT2D eigenvalue weighted by Crippen LogP contribution is -2.59. The number of carbonyl (C=O) groups is 2. The first-order valence-corrected chi connectivity index (χ1v) is 12.8. The van der Waals surface area contributed by atoms with E-state index in [0.29, 0.717) is 16.9 Å². The minimum Gasteiger partial charge on any atom is -0.508 e. The van der Waals surface area contributed by atoms with Crippen molar-refractivity contribution in [3.63, 3.8) is 0 Å². The van der Waals surface area contributed by atoms with E-state index in [1.54, 1.807) is 25.1 Å². The Morgan fingerprint density at radius 3 is 2.34 bits per heavy atom. The first-order chi connectivity index (χ1) is 18.2. The van der Waals surface area contributed by atoms with Crippen LogP contribution >= 0.6 is 0 Å². The van der Waals surface area contributed by atoms with Gasteiger partial charge < -0.3 is 15.2 Å². The molecule has 0 aromatic heterocycles. The molecule has 1 spiro atoms. The van der Waals surface area contributed by atoms with E-state index in [-0.39, 0.29) is 23.4 Å². The number of fused-ring (bicyclic) bond motifs is 4. The number of anilines is 1. The molecule has 4 aromatic carbocycles. The average Bonchev–Trinajstić information content (AvgIpc) is 3.18. The first-order valence-electron chi connectivity index (χ1n) is 12.8. The van der Waals surface area contributed by atoms with Gasteiger partial charge in [-0.2, -0.15) is 0 Å². The quantitative estimate of drug-likeness (QED) is 0.314. The van der Waals surface area contributed by atoms with Crippen molar-refractivity contribution < 1.29 is 19.4 Å². The Hall–Kier alpha value is -4.38. The van der Waals surface area contributed by atoms with Gasteiger partial charge in [0.05, 0.1) is 0 Å². The molecule has 0 radical (unpaired) electrons. The molecule has 2 heterocycles. The van der Waals surface area contributed by atoms with E-state index in [1.807, 2.05) is 80.6 Å². The number of carbonyl (C=O) groups excluding carboxylic acids is 2. The van der Waals surface area contributed by atoms with Crippen LogP contribution in [0, 0.1) is 5.92 Å². The highest BCUT2D eigenvalue weighted by atomic mass is 16.5. The number of ketones is 1. The summed E-state index contributed by atoms with van der Waals surface area (Å²) in [5.41, 5.74) is 2.74. The van der Waals surface area contributed by atoms with Gasteiger partial charge in [0, 0.05) is 34.7 Å². The molecule has 2 aliphatic heterocycles. The fourth-order valence-corrected chi connectivity index (χ4v) is 6.76. The predicted molar refractivity (Wildman–Crippen MR) is 147 cm³/mol. The van der Waals surface area contributed by atoms with Crippen molar-refractivity contribution in [1.29, 1.82) is 0 Å². The smallest absolute Gasteiger partial charge is 0.240 e. The molecule has 1 amide bonds. The number of phenolic OH excluding ortho intramolecular Hbond substituents is 1. The zero-order valence-corrected chi connectivity index (χ0v) is 21.6. The number of aromatic hydroxyl groups is 1. The van der Waals surface area contributed by atoms with Crippen LogP contribution in [0.1, 0.15) is 59.3 Å². The van der Waals surface area contributed by atoms with E-state index in [4.69, 9.17) is 4.74 Å². The van der Waals surface area contributed by atoms with E-state index in [0.717, 1.165) is 22.4 Å². The van der Waals surface area contributed by atoms with Crippen LogP contribution in [0.2, 0.25) is 0 Å². The third-order valence-electron chi connectivity index (χ3n) is 8.10. The van der Waals surface area contributed by atoms with Gasteiger partial charge in [-0.15, -0.1) is 0 Å². The van der Waals surface area contributed by atoms with Gasteiger partial charge in [-0.3, -0.25) is 9.59 Å². The molecule has 2 aliphatic rings. The molecule has 3 atom stereocenters. The number of Topliss-reactive ketones (excluding diaryl/α,β-unsaturated/α-hetero) is 1. The van der Waals surface area contributed by atoms with Crippen molar-refractivity contribution in [3.8, 4) is 11.5 Å². The van der Waals surface area contributed by atoms with Gasteiger partial charge in [0.1, 0.15) is 22.5 Å². The standard InChI is InChI=1S/C33H29NO4/c1-20(35)23-13-7-8-14-24(23)29(21-11-5-4-6-12-21)30-32(2,3)38-28-19-22(36)17-18-26(28)33(30)25-15-9-10-16-27(25)34-31(33)37/h4-19,29-30,36H,1-3H3,(H,34,37). The van der Waals surface area contributed by atoms with Crippen molar-refractivity contribution in [2.75, 3.05) is 5.32 Å². The lowest BCUT2D eigenvalue weighted by atomic mass is 9.53. The molecule has 5 heteroatoms. The van der Waals surface area contributed by atoms with Crippen molar-refractivity contribution in [2.24, 2.45) is 5.92 Å². The summed E-state index contributed by atoms with van der Waals surface area (Å²) in [4.78, 5) is 27.4. The summed E-state index contributed by atoms with van der Waals surface area (Å²) < 4.78 is 6.66. The number of para-hydroxylation sites is 1. The third-order valence-corrected chi connectivity index (χ3v) is 8.10. The summed E-state index contributed by atoms with van der Waals surface area (Å²) in [5, 5.41) is 13.5. The van der Waals surface area contributed by atoms with E-state index < -0.39 is 16.9 Å². The normalized spacial score (nSPS) is 21.7. The number of hydrogen-bond donors (Lipinski definition) is 2. The van der Waals surface area contributed by atoms with Crippen molar-refractivity contribution >= 4 is 17.4 Å². The summed E-state index contributed by atoms with van der Waals surface area (Å²) in [5.74, 6) is -0.463. The number of ether oxygens (including phenoxy) is 1. The summed E-state index contributed by atoms with van der Waals surface area (Å²) >= 11 is 0. The molecule has 0 saturated carbocycles. The van der Waals surface area contributed by atoms with E-state index in [1.165, 1.54) is 0 Å². The second-order valence-electron chi connectivity index (χ2n) is 10.7. The Balaban J connectivity index is 1.75. The maximum absolute atomic E-state index is 14.4. The van der Waals surface area contributed by atoms with Crippen molar-refractivity contribution in [1.82, 2.24) is 0 Å². The summed E-state index contributed by atoms with van der Waals surface area (Å²) in [6.07, 6.45) is 0. The molecule has 5 nitrogen and oxygen atoms in total. The molecule has 0 fully saturated rings. The highest BCUT2D eigenvalue weighted by Crippen LogP contribution is 2.62. The topological polar surface area (TPSA) is 75.6 Å². The number of phenols is 1. The van der Waals surface area contributed by atoms with E-state index in [2.05, 4.69) is 17.4 Å². The zero-order valence-electron chi connectivity index (χ0n) is 21.6. The maximum atomic E-state index is 14.4. The van der Waals surface area contributed by atoms with Crippen molar-refractivity contribution in [3.05, 3.63) is 125 Å². The lowest BCUT2D eigenvalue weighted by Gasteiger charge is -2.53. The molecule has 2 N–H and O–H groups in total. The molecule has 0 bridgehead atoms. The summed E-state index contributed by atoms with van der Waals surface area (Å²) in [6.45, 7) is 5.56. The van der Waals surface area contributed by atoms with Gasteiger partial charge in [-0.25, -0.2) is 0 Å². The van der Waals surface area contributed by atoms with Crippen LogP contribution in [0.5, 0.6) is 11.5 Å². The molecule has 0 aliphatic carbocycles. The van der Waals surface area contributed by atoms with Crippen LogP contribution < -0.4 is 10.1 Å². The van der Waals surface area contributed by atoms with Gasteiger partial charge in [0.15, 0.2) is 5.78 Å². The van der Waals surface area contributed by atoms with E-state index in [9.17, 15) is 14.7 Å². The average molecular weight is 504 g/mol. The van der Waals surface area contributed by atoms with Gasteiger partial charge in [-0.1, -0.05) is 78.9 Å². The predicted octanol–water partition coefficient (Wildman–Crippen LogP) is 6.45. The third kappa shape index (κ3) is 3.38. The Kier molecular flexibility index (Phi) is 5.42. The first kappa shape index (κ1) is 24.0. The largest absolute Gasteiger partial charge is 0.508 e. The second-order valence-corrected chi connectivity index (χ2v) is 10.7. The number of rotatable bonds is 4. The zero-order chi connectivity index (χ0) is 26.7. The monoisotopic (exact) mass is 503 g/mol. The van der Waals surface area contributed by atoms with Gasteiger partial charge in [0.25, 0.3) is 0 Å². The SMILES string of the molecule is CC(=O)c1ccccc1C(c1ccccc1)C1C(C)(C)Oc2cc(O)ccc2C12C(=O)Nc1ccccc12. The van der Waals surface area contributed by atoms with Crippen LogP contribution in [-0.4, -0.2) is 22.4 Å². The molecule has 3 unspecified atom stereocenters. The van der Waals surface area contributed by atoms with Crippen LogP contribution in [0.3, 0.4) is 0 Å². The summed E-state index contributed by atoms with van der Waals surface area (Å²) in [6, 6.07) is 30.5. The number of hydrogen-bond acceptors (Lipinski definition) is 4. The van der Waals surface area contributed by atoms with Gasteiger partial charge >= 0.3 is 0 Å². The lowest BCUT2D eigenvalue weighted by molar-refractivity contribution is -0.127. The molecule has 0 saturated heterocycles. The fraction of sp³-hybridized carbons (Fsp3) is 0.212. The number of benzene rings is 4. The Labute approximate surface area is 222 Å². The molecule has 4 aromatic rings. The molecular formula is C33H29NO4. The highest BCUT2D eigenvalue weighted by Gasteiger charge is 2.64.